The molecular weight excluding hydrogens is 204 g/mol. The third kappa shape index (κ3) is 5.45. The molecule has 84 valence electrons. The van der Waals surface area contributed by atoms with Crippen molar-refractivity contribution in [1.29, 1.82) is 0 Å². The van der Waals surface area contributed by atoms with Crippen LogP contribution in [-0.2, 0) is 9.53 Å². The highest BCUT2D eigenvalue weighted by atomic mass is 35.5. The molecular formula is C10H19ClO3. The van der Waals surface area contributed by atoms with E-state index < -0.39 is 17.5 Å². The first-order valence-corrected chi connectivity index (χ1v) is 5.55. The van der Waals surface area contributed by atoms with Crippen molar-refractivity contribution in [3.05, 3.63) is 0 Å². The number of halogens is 1. The number of hydrogen-bond acceptors (Lipinski definition) is 3. The van der Waals surface area contributed by atoms with Crippen LogP contribution in [0.4, 0.5) is 0 Å². The normalized spacial score (nSPS) is 14.9. The average Bonchev–Trinajstić information content (AvgIpc) is 2.17. The van der Waals surface area contributed by atoms with E-state index in [1.165, 1.54) is 0 Å². The predicted octanol–water partition coefficient (Wildman–Crippen LogP) is 2.10. The molecule has 0 saturated carbocycles. The van der Waals surface area contributed by atoms with E-state index in [0.717, 1.165) is 19.3 Å². The highest BCUT2D eigenvalue weighted by molar-refractivity contribution is 6.22. The predicted molar refractivity (Wildman–Crippen MR) is 56.4 cm³/mol. The van der Waals surface area contributed by atoms with Crippen molar-refractivity contribution in [2.45, 2.75) is 51.0 Å². The number of alkyl halides is 1. The number of hydrogen-bond donors (Lipinski definition) is 1. The molecule has 0 aliphatic heterocycles. The van der Waals surface area contributed by atoms with Crippen LogP contribution in [0.3, 0.4) is 0 Å². The molecule has 1 N–H and O–H groups in total. The quantitative estimate of drug-likeness (QED) is 0.408. The Morgan fingerprint density at radius 3 is 2.57 bits per heavy atom. The van der Waals surface area contributed by atoms with E-state index in [-0.39, 0.29) is 6.61 Å². The van der Waals surface area contributed by atoms with E-state index >= 15 is 0 Å². The van der Waals surface area contributed by atoms with Gasteiger partial charge in [0.2, 0.25) is 0 Å². The lowest BCUT2D eigenvalue weighted by Crippen LogP contribution is -2.32. The molecule has 0 aromatic carbocycles. The lowest BCUT2D eigenvalue weighted by atomic mass is 10.1. The van der Waals surface area contributed by atoms with E-state index in [1.807, 2.05) is 0 Å². The molecule has 0 fully saturated rings. The number of carbonyl (C=O) groups excluding carboxylic acids is 1. The summed E-state index contributed by atoms with van der Waals surface area (Å²) in [7, 11) is 0. The zero-order valence-electron chi connectivity index (χ0n) is 8.83. The highest BCUT2D eigenvalue weighted by Gasteiger charge is 2.24. The molecule has 0 aromatic heterocycles. The molecule has 4 heteroatoms. The molecule has 0 bridgehead atoms. The summed E-state index contributed by atoms with van der Waals surface area (Å²) >= 11 is 5.85. The van der Waals surface area contributed by atoms with Crippen LogP contribution in [0.15, 0.2) is 0 Å². The summed E-state index contributed by atoms with van der Waals surface area (Å²) in [4.78, 5) is 11.1. The third-order valence-corrected chi connectivity index (χ3v) is 2.41. The lowest BCUT2D eigenvalue weighted by Gasteiger charge is -2.14. The van der Waals surface area contributed by atoms with E-state index in [4.69, 9.17) is 11.6 Å². The maximum absolute atomic E-state index is 11.1. The summed E-state index contributed by atoms with van der Waals surface area (Å²) in [5.41, 5.74) is 0. The Labute approximate surface area is 90.4 Å². The van der Waals surface area contributed by atoms with E-state index in [1.54, 1.807) is 6.92 Å². The molecule has 0 saturated heterocycles. The second-order valence-corrected chi connectivity index (χ2v) is 3.77. The molecule has 0 aliphatic rings. The fourth-order valence-corrected chi connectivity index (χ4v) is 1.38. The Balaban J connectivity index is 3.74. The van der Waals surface area contributed by atoms with Crippen molar-refractivity contribution in [3.8, 4) is 0 Å². The Kier molecular flexibility index (Phi) is 7.90. The molecule has 0 unspecified atom stereocenters. The van der Waals surface area contributed by atoms with Gasteiger partial charge in [-0.1, -0.05) is 26.2 Å². The van der Waals surface area contributed by atoms with Gasteiger partial charge in [-0.25, -0.2) is 4.79 Å². The molecule has 0 radical (unpaired) electrons. The average molecular weight is 223 g/mol. The Bertz CT molecular complexity index is 161. The zero-order valence-corrected chi connectivity index (χ0v) is 9.59. The number of aliphatic hydroxyl groups is 1. The Hall–Kier alpha value is -0.280. The van der Waals surface area contributed by atoms with Gasteiger partial charge in [0.1, 0.15) is 0 Å². The highest BCUT2D eigenvalue weighted by Crippen LogP contribution is 2.13. The number of carbonyl (C=O) groups is 1. The standard InChI is InChI=1S/C10H19ClO3/c1-3-5-6-7-8(11)9(12)10(13)14-4-2/h8-9,12H,3-7H2,1-2H3/t8-,9-/m1/s1. The first-order valence-electron chi connectivity index (χ1n) is 5.12. The summed E-state index contributed by atoms with van der Waals surface area (Å²) in [5, 5.41) is 8.88. The molecule has 0 aliphatic carbocycles. The van der Waals surface area contributed by atoms with Crippen LogP contribution in [0.2, 0.25) is 0 Å². The van der Waals surface area contributed by atoms with Crippen molar-refractivity contribution in [1.82, 2.24) is 0 Å². The van der Waals surface area contributed by atoms with Crippen LogP contribution < -0.4 is 0 Å². The van der Waals surface area contributed by atoms with Crippen LogP contribution in [0.5, 0.6) is 0 Å². The molecule has 14 heavy (non-hydrogen) atoms. The second kappa shape index (κ2) is 8.06. The van der Waals surface area contributed by atoms with Gasteiger partial charge in [-0.05, 0) is 13.3 Å². The van der Waals surface area contributed by atoms with Gasteiger partial charge in [-0.3, -0.25) is 0 Å². The van der Waals surface area contributed by atoms with Crippen LogP contribution in [-0.4, -0.2) is 29.2 Å². The molecule has 2 atom stereocenters. The topological polar surface area (TPSA) is 46.5 Å². The van der Waals surface area contributed by atoms with Crippen LogP contribution in [0, 0.1) is 0 Å². The molecule has 0 amide bonds. The molecule has 0 heterocycles. The maximum Gasteiger partial charge on any atom is 0.336 e. The summed E-state index contributed by atoms with van der Waals surface area (Å²) in [6.07, 6.45) is 2.56. The largest absolute Gasteiger partial charge is 0.464 e. The van der Waals surface area contributed by atoms with E-state index in [9.17, 15) is 9.90 Å². The zero-order chi connectivity index (χ0) is 11.0. The van der Waals surface area contributed by atoms with Gasteiger partial charge in [0.25, 0.3) is 0 Å². The van der Waals surface area contributed by atoms with Crippen molar-refractivity contribution in [2.75, 3.05) is 6.61 Å². The summed E-state index contributed by atoms with van der Waals surface area (Å²) in [5.74, 6) is -0.621. The van der Waals surface area contributed by atoms with Gasteiger partial charge in [-0.2, -0.15) is 0 Å². The van der Waals surface area contributed by atoms with Crippen LogP contribution in [0.1, 0.15) is 39.5 Å². The summed E-state index contributed by atoms with van der Waals surface area (Å²) < 4.78 is 4.66. The molecule has 0 spiro atoms. The fourth-order valence-electron chi connectivity index (χ4n) is 1.12. The van der Waals surface area contributed by atoms with Crippen molar-refractivity contribution in [3.63, 3.8) is 0 Å². The number of ether oxygens (including phenoxy) is 1. The molecule has 0 rings (SSSR count). The van der Waals surface area contributed by atoms with Gasteiger partial charge in [-0.15, -0.1) is 11.6 Å². The summed E-state index contributed by atoms with van der Waals surface area (Å²) in [6, 6.07) is 0. The van der Waals surface area contributed by atoms with Crippen LogP contribution in [0.25, 0.3) is 0 Å². The number of rotatable bonds is 7. The summed E-state index contributed by atoms with van der Waals surface area (Å²) in [6.45, 7) is 4.06. The minimum Gasteiger partial charge on any atom is -0.464 e. The SMILES string of the molecule is CCCCC[C@@H](Cl)[C@@H](O)C(=O)OCC. The minimum absolute atomic E-state index is 0.272. The number of esters is 1. The lowest BCUT2D eigenvalue weighted by molar-refractivity contribution is -0.153. The van der Waals surface area contributed by atoms with Gasteiger partial charge >= 0.3 is 5.97 Å². The number of unbranched alkanes of at least 4 members (excludes halogenated alkanes) is 2. The van der Waals surface area contributed by atoms with Gasteiger partial charge in [0.05, 0.1) is 12.0 Å². The fraction of sp³-hybridized carbons (Fsp3) is 0.900. The third-order valence-electron chi connectivity index (χ3n) is 1.95. The maximum atomic E-state index is 11.1. The van der Waals surface area contributed by atoms with Crippen molar-refractivity contribution < 1.29 is 14.6 Å². The van der Waals surface area contributed by atoms with Gasteiger partial charge < -0.3 is 9.84 Å². The minimum atomic E-state index is -1.19. The first kappa shape index (κ1) is 13.7. The van der Waals surface area contributed by atoms with Crippen molar-refractivity contribution >= 4 is 17.6 Å². The first-order chi connectivity index (χ1) is 6.63. The van der Waals surface area contributed by atoms with E-state index in [2.05, 4.69) is 11.7 Å². The monoisotopic (exact) mass is 222 g/mol. The van der Waals surface area contributed by atoms with Crippen molar-refractivity contribution in [2.24, 2.45) is 0 Å². The smallest absolute Gasteiger partial charge is 0.336 e. The Morgan fingerprint density at radius 1 is 1.43 bits per heavy atom. The second-order valence-electron chi connectivity index (χ2n) is 3.21. The number of aliphatic hydroxyl groups excluding tert-OH is 1. The van der Waals surface area contributed by atoms with Gasteiger partial charge in [0.15, 0.2) is 6.10 Å². The Morgan fingerprint density at radius 2 is 2.07 bits per heavy atom. The van der Waals surface area contributed by atoms with Gasteiger partial charge in [0, 0.05) is 0 Å². The van der Waals surface area contributed by atoms with Crippen LogP contribution >= 0.6 is 11.6 Å². The molecule has 0 aromatic rings. The van der Waals surface area contributed by atoms with E-state index in [0.29, 0.717) is 6.42 Å². The molecule has 3 nitrogen and oxygen atoms in total.